The summed E-state index contributed by atoms with van der Waals surface area (Å²) in [5.74, 6) is -0.213. The highest BCUT2D eigenvalue weighted by Gasteiger charge is 2.18. The molecule has 2 aromatic carbocycles. The molecule has 0 radical (unpaired) electrons. The molecule has 0 atom stereocenters. The van der Waals surface area contributed by atoms with E-state index in [9.17, 15) is 4.79 Å². The second kappa shape index (κ2) is 10.1. The summed E-state index contributed by atoms with van der Waals surface area (Å²) in [7, 11) is 0. The zero-order valence-electron chi connectivity index (χ0n) is 16.6. The third-order valence-corrected chi connectivity index (χ3v) is 6.21. The Morgan fingerprint density at radius 1 is 0.933 bits per heavy atom. The van der Waals surface area contributed by atoms with Gasteiger partial charge in [-0.15, -0.1) is 10.2 Å². The van der Waals surface area contributed by atoms with Gasteiger partial charge in [-0.1, -0.05) is 53.3 Å². The van der Waals surface area contributed by atoms with Crippen LogP contribution in [0.5, 0.6) is 0 Å². The first-order valence-electron chi connectivity index (χ1n) is 10.0. The van der Waals surface area contributed by atoms with E-state index in [1.54, 1.807) is 0 Å². The summed E-state index contributed by atoms with van der Waals surface area (Å²) in [6.07, 6.45) is 1.10. The molecule has 1 aromatic heterocycles. The van der Waals surface area contributed by atoms with Crippen LogP contribution in [0.4, 0.5) is 5.69 Å². The second-order valence-electron chi connectivity index (χ2n) is 7.35. The average molecular weight is 442 g/mol. The zero-order valence-corrected chi connectivity index (χ0v) is 18.2. The van der Waals surface area contributed by atoms with Crippen LogP contribution in [0.1, 0.15) is 26.8 Å². The van der Waals surface area contributed by atoms with Crippen molar-refractivity contribution in [3.63, 3.8) is 0 Å². The summed E-state index contributed by atoms with van der Waals surface area (Å²) in [5, 5.41) is 13.2. The number of carbonyl (C=O) groups excluding carboxylic acids is 1. The van der Waals surface area contributed by atoms with Crippen molar-refractivity contribution < 1.29 is 4.79 Å². The number of nitrogens with zero attached hydrogens (tertiary/aromatic N) is 4. The molecule has 6 nitrogen and oxygen atoms in total. The van der Waals surface area contributed by atoms with Gasteiger partial charge in [0.2, 0.25) is 5.01 Å². The van der Waals surface area contributed by atoms with Crippen molar-refractivity contribution in [2.24, 2.45) is 0 Å². The molecule has 1 aliphatic heterocycles. The van der Waals surface area contributed by atoms with Gasteiger partial charge in [0.1, 0.15) is 5.01 Å². The highest BCUT2D eigenvalue weighted by atomic mass is 35.5. The predicted molar refractivity (Wildman–Crippen MR) is 121 cm³/mol. The molecular formula is C22H24ClN5OS. The van der Waals surface area contributed by atoms with Gasteiger partial charge in [-0.2, -0.15) is 0 Å². The first kappa shape index (κ1) is 20.9. The van der Waals surface area contributed by atoms with Gasteiger partial charge in [0, 0.05) is 30.3 Å². The molecule has 8 heteroatoms. The van der Waals surface area contributed by atoms with Gasteiger partial charge in [-0.25, -0.2) is 0 Å². The Balaban J connectivity index is 1.28. The number of anilines is 1. The van der Waals surface area contributed by atoms with E-state index in [0.717, 1.165) is 61.4 Å². The average Bonchev–Trinajstić information content (AvgIpc) is 3.11. The van der Waals surface area contributed by atoms with E-state index < -0.39 is 0 Å². The summed E-state index contributed by atoms with van der Waals surface area (Å²) in [6.45, 7) is 5.72. The fraction of sp³-hybridized carbons (Fsp3) is 0.318. The molecule has 0 bridgehead atoms. The van der Waals surface area contributed by atoms with Crippen LogP contribution in [0, 0.1) is 0 Å². The van der Waals surface area contributed by atoms with Gasteiger partial charge >= 0.3 is 0 Å². The maximum Gasteiger partial charge on any atom is 0.286 e. The molecule has 0 saturated carbocycles. The minimum atomic E-state index is -0.213. The largest absolute Gasteiger partial charge is 0.320 e. The first-order chi connectivity index (χ1) is 14.7. The lowest BCUT2D eigenvalue weighted by atomic mass is 10.2. The summed E-state index contributed by atoms with van der Waals surface area (Å²) in [6, 6.07) is 17.5. The fourth-order valence-corrected chi connectivity index (χ4v) is 4.40. The number of halogens is 1. The van der Waals surface area contributed by atoms with E-state index in [2.05, 4.69) is 37.4 Å². The van der Waals surface area contributed by atoms with Crippen LogP contribution in [0.2, 0.25) is 5.02 Å². The van der Waals surface area contributed by atoms with Crippen molar-refractivity contribution in [2.45, 2.75) is 19.5 Å². The van der Waals surface area contributed by atoms with Crippen LogP contribution in [0.25, 0.3) is 0 Å². The molecule has 0 spiro atoms. The molecule has 4 rings (SSSR count). The maximum absolute atomic E-state index is 12.4. The van der Waals surface area contributed by atoms with E-state index in [4.69, 9.17) is 11.6 Å². The zero-order chi connectivity index (χ0) is 20.8. The molecule has 0 unspecified atom stereocenters. The minimum absolute atomic E-state index is 0.213. The van der Waals surface area contributed by atoms with E-state index in [-0.39, 0.29) is 5.91 Å². The van der Waals surface area contributed by atoms with Crippen molar-refractivity contribution in [1.82, 2.24) is 20.0 Å². The molecular weight excluding hydrogens is 418 g/mol. The molecule has 156 valence electrons. The van der Waals surface area contributed by atoms with Crippen LogP contribution in [-0.2, 0) is 13.1 Å². The smallest absolute Gasteiger partial charge is 0.286 e. The maximum atomic E-state index is 12.4. The lowest BCUT2D eigenvalue weighted by Gasteiger charge is -2.21. The summed E-state index contributed by atoms with van der Waals surface area (Å²) in [5.41, 5.74) is 2.04. The molecule has 30 heavy (non-hydrogen) atoms. The molecule has 1 aliphatic rings. The quantitative estimate of drug-likeness (QED) is 0.622. The van der Waals surface area contributed by atoms with Crippen molar-refractivity contribution >= 4 is 34.5 Å². The van der Waals surface area contributed by atoms with E-state index in [1.165, 1.54) is 16.9 Å². The number of para-hydroxylation sites is 1. The van der Waals surface area contributed by atoms with Gasteiger partial charge in [0.25, 0.3) is 5.91 Å². The SMILES string of the molecule is O=C(Nc1ccccc1)c1nnc(CN2CCCN(Cc3ccc(Cl)cc3)CC2)s1. The van der Waals surface area contributed by atoms with E-state index in [1.807, 2.05) is 42.5 Å². The van der Waals surface area contributed by atoms with Crippen molar-refractivity contribution in [2.75, 3.05) is 31.5 Å². The topological polar surface area (TPSA) is 61.4 Å². The van der Waals surface area contributed by atoms with Crippen LogP contribution in [0.3, 0.4) is 0 Å². The molecule has 0 aliphatic carbocycles. The summed E-state index contributed by atoms with van der Waals surface area (Å²) < 4.78 is 0. The number of hydrogen-bond donors (Lipinski definition) is 1. The van der Waals surface area contributed by atoms with Crippen molar-refractivity contribution in [3.05, 3.63) is 75.2 Å². The minimum Gasteiger partial charge on any atom is -0.320 e. The lowest BCUT2D eigenvalue weighted by molar-refractivity contribution is 0.102. The van der Waals surface area contributed by atoms with E-state index in [0.29, 0.717) is 5.01 Å². The van der Waals surface area contributed by atoms with Gasteiger partial charge < -0.3 is 5.32 Å². The monoisotopic (exact) mass is 441 g/mol. The molecule has 2 heterocycles. The van der Waals surface area contributed by atoms with Gasteiger partial charge in [-0.3, -0.25) is 14.6 Å². The predicted octanol–water partition coefficient (Wildman–Crippen LogP) is 4.15. The fourth-order valence-electron chi connectivity index (χ4n) is 3.50. The van der Waals surface area contributed by atoms with Crippen LogP contribution >= 0.6 is 22.9 Å². The third kappa shape index (κ3) is 5.86. The summed E-state index contributed by atoms with van der Waals surface area (Å²) in [4.78, 5) is 17.2. The Morgan fingerprint density at radius 3 is 2.37 bits per heavy atom. The van der Waals surface area contributed by atoms with Crippen molar-refractivity contribution in [1.29, 1.82) is 0 Å². The molecule has 1 fully saturated rings. The Labute approximate surface area is 185 Å². The van der Waals surface area contributed by atoms with Crippen LogP contribution < -0.4 is 5.32 Å². The molecule has 1 saturated heterocycles. The van der Waals surface area contributed by atoms with E-state index >= 15 is 0 Å². The normalized spacial score (nSPS) is 15.6. The van der Waals surface area contributed by atoms with Gasteiger partial charge in [0.05, 0.1) is 6.54 Å². The van der Waals surface area contributed by atoms with Crippen LogP contribution in [0.15, 0.2) is 54.6 Å². The van der Waals surface area contributed by atoms with Gasteiger partial charge in [-0.05, 0) is 49.3 Å². The van der Waals surface area contributed by atoms with Crippen LogP contribution in [-0.4, -0.2) is 52.1 Å². The highest BCUT2D eigenvalue weighted by molar-refractivity contribution is 7.13. The number of carbonyl (C=O) groups is 1. The Morgan fingerprint density at radius 2 is 1.63 bits per heavy atom. The number of rotatable bonds is 6. The molecule has 1 amide bonds. The number of nitrogens with one attached hydrogen (secondary N) is 1. The number of aromatic nitrogens is 2. The highest BCUT2D eigenvalue weighted by Crippen LogP contribution is 2.17. The third-order valence-electron chi connectivity index (χ3n) is 5.05. The standard InChI is InChI=1S/C22H24ClN5OS/c23-18-9-7-17(8-10-18)15-27-11-4-12-28(14-13-27)16-20-25-26-22(30-20)21(29)24-19-5-2-1-3-6-19/h1-3,5-10H,4,11-16H2,(H,24,29). The summed E-state index contributed by atoms with van der Waals surface area (Å²) >= 11 is 7.35. The Kier molecular flexibility index (Phi) is 7.07. The number of benzene rings is 2. The van der Waals surface area contributed by atoms with Crippen molar-refractivity contribution in [3.8, 4) is 0 Å². The van der Waals surface area contributed by atoms with Gasteiger partial charge in [0.15, 0.2) is 0 Å². The first-order valence-corrected chi connectivity index (χ1v) is 11.2. The lowest BCUT2D eigenvalue weighted by Crippen LogP contribution is -2.30. The number of amides is 1. The second-order valence-corrected chi connectivity index (χ2v) is 8.85. The molecule has 3 aromatic rings. The Bertz CT molecular complexity index is 963. The molecule has 1 N–H and O–H groups in total. The Hall–Kier alpha value is -2.32. The number of hydrogen-bond acceptors (Lipinski definition) is 6.